The van der Waals surface area contributed by atoms with E-state index < -0.39 is 0 Å². The van der Waals surface area contributed by atoms with Crippen molar-refractivity contribution in [3.05, 3.63) is 71.6 Å². The highest BCUT2D eigenvalue weighted by Crippen LogP contribution is 2.35. The van der Waals surface area contributed by atoms with Gasteiger partial charge < -0.3 is 14.2 Å². The number of nitrogens with zero attached hydrogens (tertiary/aromatic N) is 1. The number of hydrogen-bond acceptors (Lipinski definition) is 4. The number of hydrogen-bond donors (Lipinski definition) is 0. The summed E-state index contributed by atoms with van der Waals surface area (Å²) >= 11 is 0. The average Bonchev–Trinajstić information content (AvgIpc) is 2.72. The van der Waals surface area contributed by atoms with Crippen LogP contribution in [0.5, 0.6) is 5.75 Å². The Hall–Kier alpha value is -2.86. The van der Waals surface area contributed by atoms with E-state index in [1.165, 1.54) is 6.07 Å². The van der Waals surface area contributed by atoms with Gasteiger partial charge in [0.05, 0.1) is 32.4 Å². The molecule has 5 nitrogen and oxygen atoms in total. The van der Waals surface area contributed by atoms with Gasteiger partial charge in [-0.3, -0.25) is 4.90 Å². The van der Waals surface area contributed by atoms with Crippen LogP contribution in [-0.2, 0) is 16.1 Å². The molecule has 0 spiro atoms. The van der Waals surface area contributed by atoms with E-state index in [4.69, 9.17) is 14.2 Å². The molecule has 2 atom stereocenters. The number of methoxy groups -OCH3 is 1. The molecule has 2 aromatic rings. The van der Waals surface area contributed by atoms with Crippen LogP contribution >= 0.6 is 0 Å². The summed E-state index contributed by atoms with van der Waals surface area (Å²) in [6.45, 7) is 0.990. The SMILES string of the molecule is COc1ccc(F)c(C2=CC3COCC(C2)N3C(=O)OCc2ccccc2)c1. The van der Waals surface area contributed by atoms with Gasteiger partial charge in [0.15, 0.2) is 0 Å². The number of rotatable bonds is 4. The summed E-state index contributed by atoms with van der Waals surface area (Å²) in [5.74, 6) is 0.301. The molecule has 4 rings (SSSR count). The van der Waals surface area contributed by atoms with Gasteiger partial charge in [0.1, 0.15) is 18.2 Å². The van der Waals surface area contributed by atoms with Crippen molar-refractivity contribution in [1.29, 1.82) is 0 Å². The van der Waals surface area contributed by atoms with Gasteiger partial charge >= 0.3 is 6.09 Å². The molecule has 146 valence electrons. The Morgan fingerprint density at radius 3 is 2.79 bits per heavy atom. The number of carbonyl (C=O) groups excluding carboxylic acids is 1. The van der Waals surface area contributed by atoms with E-state index in [2.05, 4.69) is 0 Å². The van der Waals surface area contributed by atoms with Crippen LogP contribution < -0.4 is 4.74 Å². The van der Waals surface area contributed by atoms with Crippen LogP contribution in [0.4, 0.5) is 9.18 Å². The standard InChI is InChI=1S/C22H22FNO4/c1-26-19-7-8-21(23)20(11-19)16-9-17-13-27-14-18(10-16)24(17)22(25)28-12-15-5-3-2-4-6-15/h2-9,11,17-18H,10,12-14H2,1H3. The van der Waals surface area contributed by atoms with Gasteiger partial charge in [-0.25, -0.2) is 9.18 Å². The van der Waals surface area contributed by atoms with E-state index in [0.29, 0.717) is 30.9 Å². The first-order chi connectivity index (χ1) is 13.7. The van der Waals surface area contributed by atoms with Crippen LogP contribution in [0.3, 0.4) is 0 Å². The number of amides is 1. The maximum absolute atomic E-state index is 14.4. The van der Waals surface area contributed by atoms with Gasteiger partial charge in [-0.2, -0.15) is 0 Å². The van der Waals surface area contributed by atoms with Crippen LogP contribution in [0, 0.1) is 5.82 Å². The zero-order chi connectivity index (χ0) is 19.5. The number of halogens is 1. The van der Waals surface area contributed by atoms with Crippen LogP contribution in [0.2, 0.25) is 0 Å². The summed E-state index contributed by atoms with van der Waals surface area (Å²) in [6, 6.07) is 13.8. The van der Waals surface area contributed by atoms with E-state index in [1.807, 2.05) is 36.4 Å². The van der Waals surface area contributed by atoms with E-state index in [9.17, 15) is 9.18 Å². The summed E-state index contributed by atoms with van der Waals surface area (Å²) in [4.78, 5) is 14.4. The summed E-state index contributed by atoms with van der Waals surface area (Å²) < 4.78 is 30.8. The summed E-state index contributed by atoms with van der Waals surface area (Å²) in [7, 11) is 1.55. The Labute approximate surface area is 163 Å². The molecule has 0 saturated carbocycles. The third-order valence-electron chi connectivity index (χ3n) is 5.13. The van der Waals surface area contributed by atoms with Gasteiger partial charge in [-0.05, 0) is 35.8 Å². The molecule has 2 aromatic carbocycles. The molecule has 2 heterocycles. The Balaban J connectivity index is 1.53. The average molecular weight is 383 g/mol. The van der Waals surface area contributed by atoms with E-state index in [1.54, 1.807) is 24.1 Å². The molecule has 6 heteroatoms. The fourth-order valence-electron chi connectivity index (χ4n) is 3.75. The van der Waals surface area contributed by atoms with Gasteiger partial charge in [0.2, 0.25) is 0 Å². The lowest BCUT2D eigenvalue weighted by Crippen LogP contribution is -2.56. The molecule has 0 radical (unpaired) electrons. The molecular formula is C22H22FNO4. The largest absolute Gasteiger partial charge is 0.497 e. The highest BCUT2D eigenvalue weighted by molar-refractivity contribution is 5.75. The fraction of sp³-hybridized carbons (Fsp3) is 0.318. The maximum atomic E-state index is 14.4. The van der Waals surface area contributed by atoms with Crippen molar-refractivity contribution < 1.29 is 23.4 Å². The predicted octanol–water partition coefficient (Wildman–Crippen LogP) is 4.03. The molecule has 2 aliphatic heterocycles. The van der Waals surface area contributed by atoms with Crippen molar-refractivity contribution in [2.75, 3.05) is 20.3 Å². The topological polar surface area (TPSA) is 48.0 Å². The number of ether oxygens (including phenoxy) is 3. The number of benzene rings is 2. The lowest BCUT2D eigenvalue weighted by atomic mass is 9.89. The van der Waals surface area contributed by atoms with Crippen LogP contribution in [0.1, 0.15) is 17.5 Å². The van der Waals surface area contributed by atoms with E-state index in [0.717, 1.165) is 11.1 Å². The van der Waals surface area contributed by atoms with Crippen LogP contribution in [-0.4, -0.2) is 43.4 Å². The molecule has 2 aliphatic rings. The monoisotopic (exact) mass is 383 g/mol. The van der Waals surface area contributed by atoms with Crippen molar-refractivity contribution in [2.24, 2.45) is 0 Å². The first-order valence-electron chi connectivity index (χ1n) is 9.27. The molecule has 1 saturated heterocycles. The van der Waals surface area contributed by atoms with Crippen molar-refractivity contribution in [3.8, 4) is 5.75 Å². The molecule has 0 N–H and O–H groups in total. The lowest BCUT2D eigenvalue weighted by Gasteiger charge is -2.43. The minimum absolute atomic E-state index is 0.187. The highest BCUT2D eigenvalue weighted by atomic mass is 19.1. The highest BCUT2D eigenvalue weighted by Gasteiger charge is 2.39. The molecule has 0 aliphatic carbocycles. The van der Waals surface area contributed by atoms with E-state index in [-0.39, 0.29) is 30.6 Å². The van der Waals surface area contributed by atoms with Gasteiger partial charge in [0, 0.05) is 5.56 Å². The van der Waals surface area contributed by atoms with Gasteiger partial charge in [-0.1, -0.05) is 36.4 Å². The molecule has 0 aromatic heterocycles. The minimum Gasteiger partial charge on any atom is -0.497 e. The lowest BCUT2D eigenvalue weighted by molar-refractivity contribution is -0.0342. The molecule has 28 heavy (non-hydrogen) atoms. The number of carbonyl (C=O) groups is 1. The first-order valence-corrected chi connectivity index (χ1v) is 9.27. The molecule has 1 fully saturated rings. The van der Waals surface area contributed by atoms with Crippen LogP contribution in [0.25, 0.3) is 5.57 Å². The smallest absolute Gasteiger partial charge is 0.411 e. The molecular weight excluding hydrogens is 361 g/mol. The first kappa shape index (κ1) is 18.5. The van der Waals surface area contributed by atoms with Gasteiger partial charge in [0.25, 0.3) is 0 Å². The second-order valence-corrected chi connectivity index (χ2v) is 6.95. The summed E-state index contributed by atoms with van der Waals surface area (Å²) in [5.41, 5.74) is 2.30. The quantitative estimate of drug-likeness (QED) is 0.800. The van der Waals surface area contributed by atoms with Gasteiger partial charge in [-0.15, -0.1) is 0 Å². The number of fused-ring (bicyclic) bond motifs is 2. The normalized spacial score (nSPS) is 21.1. The fourth-order valence-corrected chi connectivity index (χ4v) is 3.75. The second-order valence-electron chi connectivity index (χ2n) is 6.95. The van der Waals surface area contributed by atoms with Crippen molar-refractivity contribution in [3.63, 3.8) is 0 Å². The maximum Gasteiger partial charge on any atom is 0.411 e. The van der Waals surface area contributed by atoms with Crippen molar-refractivity contribution >= 4 is 11.7 Å². The Morgan fingerprint density at radius 2 is 2.04 bits per heavy atom. The molecule has 1 amide bonds. The number of morpholine rings is 1. The summed E-state index contributed by atoms with van der Waals surface area (Å²) in [6.07, 6.45) is 2.03. The van der Waals surface area contributed by atoms with Crippen LogP contribution in [0.15, 0.2) is 54.6 Å². The Morgan fingerprint density at radius 1 is 1.21 bits per heavy atom. The van der Waals surface area contributed by atoms with E-state index >= 15 is 0 Å². The van der Waals surface area contributed by atoms with Crippen molar-refractivity contribution in [2.45, 2.75) is 25.1 Å². The Bertz CT molecular complexity index is 883. The zero-order valence-corrected chi connectivity index (χ0v) is 15.6. The van der Waals surface area contributed by atoms with Crippen molar-refractivity contribution in [1.82, 2.24) is 4.90 Å². The minimum atomic E-state index is -0.372. The zero-order valence-electron chi connectivity index (χ0n) is 15.6. The molecule has 2 bridgehead atoms. The Kier molecular flexibility index (Phi) is 5.30. The second kappa shape index (κ2) is 8.02. The third kappa shape index (κ3) is 3.73. The summed E-state index contributed by atoms with van der Waals surface area (Å²) in [5, 5.41) is 0. The molecule has 2 unspecified atom stereocenters. The third-order valence-corrected chi connectivity index (χ3v) is 5.13. The predicted molar refractivity (Wildman–Crippen MR) is 102 cm³/mol.